The predicted octanol–water partition coefficient (Wildman–Crippen LogP) is 0.406. The Kier molecular flexibility index (Phi) is 6.20. The van der Waals surface area contributed by atoms with Crippen LogP contribution in [0.3, 0.4) is 0 Å². The van der Waals surface area contributed by atoms with Gasteiger partial charge in [-0.1, -0.05) is 12.2 Å². The van der Waals surface area contributed by atoms with Crippen LogP contribution in [0.25, 0.3) is 0 Å². The lowest BCUT2D eigenvalue weighted by atomic mass is 9.97. The Morgan fingerprint density at radius 2 is 1.92 bits per heavy atom. The summed E-state index contributed by atoms with van der Waals surface area (Å²) < 4.78 is 8.88. The van der Waals surface area contributed by atoms with Gasteiger partial charge in [0.2, 0.25) is 0 Å². The normalized spacial score (nSPS) is 22.0. The third kappa shape index (κ3) is 11.8. The van der Waals surface area contributed by atoms with Crippen LogP contribution in [0, 0.1) is 5.92 Å². The summed E-state index contributed by atoms with van der Waals surface area (Å²) in [6, 6.07) is 0. The van der Waals surface area contributed by atoms with Gasteiger partial charge in [-0.05, 0) is 25.2 Å². The summed E-state index contributed by atoms with van der Waals surface area (Å²) in [5.41, 5.74) is 0. The lowest BCUT2D eigenvalue weighted by Gasteiger charge is -2.11. The fourth-order valence-corrected chi connectivity index (χ4v) is 1.03. The first-order valence-corrected chi connectivity index (χ1v) is 5.56. The molecule has 1 rings (SSSR count). The van der Waals surface area contributed by atoms with E-state index in [-0.39, 0.29) is 0 Å². The third-order valence-corrected chi connectivity index (χ3v) is 1.59. The van der Waals surface area contributed by atoms with E-state index in [1.54, 1.807) is 0 Å². The van der Waals surface area contributed by atoms with Crippen molar-refractivity contribution in [2.45, 2.75) is 19.3 Å². The predicted molar refractivity (Wildman–Crippen MR) is 47.8 cm³/mol. The minimum atomic E-state index is -4.64. The van der Waals surface area contributed by atoms with E-state index in [0.717, 1.165) is 0 Å². The molecule has 0 heterocycles. The van der Waals surface area contributed by atoms with Crippen molar-refractivity contribution in [2.24, 2.45) is 5.92 Å². The van der Waals surface area contributed by atoms with E-state index in [2.05, 4.69) is 12.2 Å². The first-order chi connectivity index (χ1) is 5.93. The molecular formula is C7H15O5P. The van der Waals surface area contributed by atoms with E-state index >= 15 is 0 Å². The van der Waals surface area contributed by atoms with Crippen molar-refractivity contribution in [1.82, 2.24) is 0 Å². The lowest BCUT2D eigenvalue weighted by molar-refractivity contribution is 0.241. The first-order valence-electron chi connectivity index (χ1n) is 3.99. The molecule has 0 radical (unpaired) electrons. The number of allylic oxidation sites excluding steroid dienone is 1. The molecule has 1 aliphatic rings. The van der Waals surface area contributed by atoms with Crippen LogP contribution in [0.4, 0.5) is 0 Å². The van der Waals surface area contributed by atoms with Gasteiger partial charge in [-0.2, -0.15) is 0 Å². The Morgan fingerprint density at radius 1 is 1.38 bits per heavy atom. The number of hydrogen-bond donors (Lipinski definition) is 4. The first kappa shape index (κ1) is 12.8. The summed E-state index contributed by atoms with van der Waals surface area (Å²) in [6.07, 6.45) is 7.90. The largest absolute Gasteiger partial charge is 0.466 e. The maximum Gasteiger partial charge on any atom is 0.466 e. The number of phosphoric acid groups is 1. The highest BCUT2D eigenvalue weighted by molar-refractivity contribution is 7.45. The molecule has 0 amide bonds. The molecule has 0 fully saturated rings. The van der Waals surface area contributed by atoms with Crippen LogP contribution in [-0.4, -0.2) is 26.4 Å². The van der Waals surface area contributed by atoms with Crippen molar-refractivity contribution < 1.29 is 24.4 Å². The van der Waals surface area contributed by atoms with Crippen molar-refractivity contribution in [3.63, 3.8) is 0 Å². The zero-order valence-corrected chi connectivity index (χ0v) is 8.10. The maximum atomic E-state index is 8.88. The molecule has 0 aliphatic heterocycles. The summed E-state index contributed by atoms with van der Waals surface area (Å²) in [5.74, 6) is 0.462. The second-order valence-corrected chi connectivity index (χ2v) is 3.84. The van der Waals surface area contributed by atoms with Gasteiger partial charge in [-0.15, -0.1) is 0 Å². The van der Waals surface area contributed by atoms with Gasteiger partial charge in [-0.25, -0.2) is 4.57 Å². The number of rotatable bonds is 1. The second kappa shape index (κ2) is 6.29. The Hall–Kier alpha value is -0.190. The molecule has 13 heavy (non-hydrogen) atoms. The van der Waals surface area contributed by atoms with E-state index in [1.807, 2.05) is 0 Å². The molecule has 0 saturated heterocycles. The highest BCUT2D eigenvalue weighted by Gasteiger charge is 2.04. The smallest absolute Gasteiger partial charge is 0.396 e. The number of aliphatic hydroxyl groups is 1. The summed E-state index contributed by atoms with van der Waals surface area (Å²) in [6.45, 7) is 0.330. The molecule has 0 spiro atoms. The van der Waals surface area contributed by atoms with Crippen molar-refractivity contribution in [3.05, 3.63) is 12.2 Å². The van der Waals surface area contributed by atoms with Crippen LogP contribution < -0.4 is 0 Å². The molecule has 78 valence electrons. The summed E-state index contributed by atoms with van der Waals surface area (Å²) >= 11 is 0. The SMILES string of the molecule is O=P(O)(O)O.OCC1C=CCCC1. The molecule has 4 N–H and O–H groups in total. The third-order valence-electron chi connectivity index (χ3n) is 1.59. The van der Waals surface area contributed by atoms with Crippen molar-refractivity contribution in [1.29, 1.82) is 0 Å². The quantitative estimate of drug-likeness (QED) is 0.371. The molecule has 1 atom stereocenters. The number of aliphatic hydroxyl groups excluding tert-OH is 1. The van der Waals surface area contributed by atoms with Gasteiger partial charge >= 0.3 is 7.82 Å². The van der Waals surface area contributed by atoms with E-state index < -0.39 is 7.82 Å². The topological polar surface area (TPSA) is 98.0 Å². The van der Waals surface area contributed by atoms with Gasteiger partial charge in [0.15, 0.2) is 0 Å². The van der Waals surface area contributed by atoms with Crippen LogP contribution in [0.15, 0.2) is 12.2 Å². The lowest BCUT2D eigenvalue weighted by Crippen LogP contribution is -2.04. The Labute approximate surface area is 77.0 Å². The highest BCUT2D eigenvalue weighted by Crippen LogP contribution is 2.25. The van der Waals surface area contributed by atoms with Crippen LogP contribution >= 0.6 is 7.82 Å². The average Bonchev–Trinajstić information content (AvgIpc) is 2.03. The highest BCUT2D eigenvalue weighted by atomic mass is 31.2. The van der Waals surface area contributed by atoms with E-state index in [0.29, 0.717) is 12.5 Å². The minimum absolute atomic E-state index is 0.330. The van der Waals surface area contributed by atoms with Crippen LogP contribution in [0.1, 0.15) is 19.3 Å². The molecule has 0 aromatic rings. The summed E-state index contributed by atoms with van der Waals surface area (Å²) in [4.78, 5) is 21.6. The fraction of sp³-hybridized carbons (Fsp3) is 0.714. The monoisotopic (exact) mass is 210 g/mol. The van der Waals surface area contributed by atoms with E-state index in [1.165, 1.54) is 19.3 Å². The molecule has 6 heteroatoms. The van der Waals surface area contributed by atoms with Gasteiger partial charge in [0, 0.05) is 6.61 Å². The Balaban J connectivity index is 0.000000252. The molecule has 0 aromatic heterocycles. The number of hydrogen-bond acceptors (Lipinski definition) is 2. The fourth-order valence-electron chi connectivity index (χ4n) is 1.03. The Morgan fingerprint density at radius 3 is 2.15 bits per heavy atom. The Bertz CT molecular complexity index is 189. The van der Waals surface area contributed by atoms with Crippen molar-refractivity contribution in [3.8, 4) is 0 Å². The summed E-state index contributed by atoms with van der Waals surface area (Å²) in [5, 5.41) is 8.64. The van der Waals surface area contributed by atoms with Crippen molar-refractivity contribution >= 4 is 7.82 Å². The van der Waals surface area contributed by atoms with Gasteiger partial charge in [0.25, 0.3) is 0 Å². The zero-order valence-electron chi connectivity index (χ0n) is 7.20. The molecule has 0 saturated carbocycles. The van der Waals surface area contributed by atoms with Crippen LogP contribution in [-0.2, 0) is 4.57 Å². The molecule has 5 nitrogen and oxygen atoms in total. The van der Waals surface area contributed by atoms with E-state index in [4.69, 9.17) is 24.4 Å². The van der Waals surface area contributed by atoms with Crippen molar-refractivity contribution in [2.75, 3.05) is 6.61 Å². The minimum Gasteiger partial charge on any atom is -0.396 e. The molecule has 1 unspecified atom stereocenters. The van der Waals surface area contributed by atoms with E-state index in [9.17, 15) is 0 Å². The van der Waals surface area contributed by atoms with Gasteiger partial charge in [0.1, 0.15) is 0 Å². The maximum absolute atomic E-state index is 8.88. The molecule has 0 aromatic carbocycles. The molecule has 1 aliphatic carbocycles. The van der Waals surface area contributed by atoms with Crippen LogP contribution in [0.5, 0.6) is 0 Å². The van der Waals surface area contributed by atoms with Gasteiger partial charge in [-0.3, -0.25) is 0 Å². The zero-order chi connectivity index (χ0) is 10.3. The van der Waals surface area contributed by atoms with Crippen LogP contribution in [0.2, 0.25) is 0 Å². The van der Waals surface area contributed by atoms with Gasteiger partial charge < -0.3 is 19.8 Å². The molecule has 0 bridgehead atoms. The van der Waals surface area contributed by atoms with Gasteiger partial charge in [0.05, 0.1) is 0 Å². The molecular weight excluding hydrogens is 195 g/mol. The average molecular weight is 210 g/mol. The summed E-state index contributed by atoms with van der Waals surface area (Å²) in [7, 11) is -4.64. The second-order valence-electron chi connectivity index (χ2n) is 2.81. The standard InChI is InChI=1S/C7H12O.H3O4P/c8-6-7-4-2-1-3-5-7;1-5(2,3)4/h2,4,7-8H,1,3,5-6H2;(H3,1,2,3,4).